The van der Waals surface area contributed by atoms with Crippen LogP contribution in [0.2, 0.25) is 0 Å². The molecule has 0 aliphatic carbocycles. The average Bonchev–Trinajstić information content (AvgIpc) is 3.28. The Labute approximate surface area is 185 Å². The molecule has 1 N–H and O–H groups in total. The molecule has 0 amide bonds. The van der Waals surface area contributed by atoms with Crippen LogP contribution in [-0.4, -0.2) is 56.9 Å². The van der Waals surface area contributed by atoms with Gasteiger partial charge in [-0.25, -0.2) is 4.68 Å². The van der Waals surface area contributed by atoms with Gasteiger partial charge >= 0.3 is 0 Å². The summed E-state index contributed by atoms with van der Waals surface area (Å²) < 4.78 is 7.51. The summed E-state index contributed by atoms with van der Waals surface area (Å²) in [6.45, 7) is 0.423. The lowest BCUT2D eigenvalue weighted by Crippen LogP contribution is -2.33. The Morgan fingerprint density at radius 1 is 1.16 bits per heavy atom. The highest BCUT2D eigenvalue weighted by molar-refractivity contribution is 5.78. The van der Waals surface area contributed by atoms with Crippen molar-refractivity contribution in [2.24, 2.45) is 0 Å². The van der Waals surface area contributed by atoms with E-state index in [1.807, 2.05) is 0 Å². The zero-order valence-electron chi connectivity index (χ0n) is 17.6. The number of hydrogen-bond donors (Lipinski definition) is 1. The third kappa shape index (κ3) is 5.64. The molecule has 3 aromatic rings. The molecular weight excluding hydrogens is 412 g/mol. The van der Waals surface area contributed by atoms with Crippen LogP contribution < -0.4 is 4.74 Å². The molecule has 9 heteroatoms. The molecule has 0 aliphatic rings. The van der Waals surface area contributed by atoms with Crippen LogP contribution in [0.3, 0.4) is 0 Å². The van der Waals surface area contributed by atoms with Gasteiger partial charge in [-0.1, -0.05) is 17.3 Å². The average molecular weight is 436 g/mol. The van der Waals surface area contributed by atoms with Crippen molar-refractivity contribution >= 4 is 18.9 Å². The lowest BCUT2D eigenvalue weighted by molar-refractivity contribution is -0.113. The number of aldehydes is 3. The second-order valence-electron chi connectivity index (χ2n) is 7.26. The monoisotopic (exact) mass is 436 g/mol. The van der Waals surface area contributed by atoms with Crippen molar-refractivity contribution in [1.82, 2.24) is 19.9 Å². The number of nitrogens with zero attached hydrogens (tertiary/aromatic N) is 4. The highest BCUT2D eigenvalue weighted by atomic mass is 16.5. The zero-order chi connectivity index (χ0) is 22.9. The molecule has 1 atom stereocenters. The second kappa shape index (κ2) is 11.0. The topological polar surface area (TPSA) is 115 Å². The van der Waals surface area contributed by atoms with E-state index < -0.39 is 6.04 Å². The molecule has 0 spiro atoms. The van der Waals surface area contributed by atoms with Crippen molar-refractivity contribution in [2.75, 3.05) is 7.05 Å². The Balaban J connectivity index is 1.74. The lowest BCUT2D eigenvalue weighted by Gasteiger charge is -2.24. The number of aromatic nitrogens is 3. The van der Waals surface area contributed by atoms with E-state index in [1.54, 1.807) is 65.3 Å². The van der Waals surface area contributed by atoms with E-state index in [2.05, 4.69) is 10.3 Å². The first-order valence-electron chi connectivity index (χ1n) is 10.1. The van der Waals surface area contributed by atoms with Gasteiger partial charge in [-0.3, -0.25) is 9.69 Å². The summed E-state index contributed by atoms with van der Waals surface area (Å²) in [5, 5.41) is 17.6. The summed E-state index contributed by atoms with van der Waals surface area (Å²) in [7, 11) is 1.76. The Morgan fingerprint density at radius 3 is 2.62 bits per heavy atom. The molecule has 1 heterocycles. The van der Waals surface area contributed by atoms with Gasteiger partial charge < -0.3 is 19.4 Å². The van der Waals surface area contributed by atoms with Gasteiger partial charge in [-0.2, -0.15) is 0 Å². The van der Waals surface area contributed by atoms with Crippen molar-refractivity contribution < 1.29 is 24.2 Å². The van der Waals surface area contributed by atoms with Crippen LogP contribution in [0.4, 0.5) is 0 Å². The van der Waals surface area contributed by atoms with Crippen LogP contribution in [0.15, 0.2) is 48.7 Å². The first-order chi connectivity index (χ1) is 15.5. The fraction of sp³-hybridized carbons (Fsp3) is 0.261. The van der Waals surface area contributed by atoms with E-state index >= 15 is 0 Å². The maximum Gasteiger partial charge on any atom is 0.150 e. The van der Waals surface area contributed by atoms with Crippen molar-refractivity contribution in [2.45, 2.75) is 32.0 Å². The molecule has 1 aromatic heterocycles. The van der Waals surface area contributed by atoms with Crippen molar-refractivity contribution in [3.8, 4) is 17.2 Å². The second-order valence-corrected chi connectivity index (χ2v) is 7.26. The van der Waals surface area contributed by atoms with Crippen LogP contribution in [-0.2, 0) is 22.7 Å². The predicted molar refractivity (Wildman–Crippen MR) is 116 cm³/mol. The smallest absolute Gasteiger partial charge is 0.150 e. The fourth-order valence-corrected chi connectivity index (χ4v) is 3.24. The molecule has 9 nitrogen and oxygen atoms in total. The molecule has 0 saturated carbocycles. The minimum absolute atomic E-state index is 0.124. The Bertz CT molecular complexity index is 1060. The number of likely N-dealkylation sites (N-methyl/N-ethyl adjacent to an activating group) is 1. The SMILES string of the molecule is CN(Cc1c(C=O)cccc1OCc1cn(-c2ccc(O)cc2)nn1)C(C=O)CCC=O. The summed E-state index contributed by atoms with van der Waals surface area (Å²) >= 11 is 0. The maximum absolute atomic E-state index is 11.6. The van der Waals surface area contributed by atoms with Crippen LogP contribution in [0.25, 0.3) is 5.69 Å². The molecule has 0 aliphatic heterocycles. The van der Waals surface area contributed by atoms with Crippen molar-refractivity contribution in [3.63, 3.8) is 0 Å². The van der Waals surface area contributed by atoms with Gasteiger partial charge in [0.15, 0.2) is 6.29 Å². The summed E-state index contributed by atoms with van der Waals surface area (Å²) in [6.07, 6.45) is 4.73. The third-order valence-corrected chi connectivity index (χ3v) is 5.04. The third-order valence-electron chi connectivity index (χ3n) is 5.04. The number of aromatic hydroxyl groups is 1. The van der Waals surface area contributed by atoms with Crippen molar-refractivity contribution in [3.05, 3.63) is 65.5 Å². The number of carbonyl (C=O) groups excluding carboxylic acids is 3. The van der Waals surface area contributed by atoms with Gasteiger partial charge in [0.2, 0.25) is 0 Å². The molecule has 0 fully saturated rings. The summed E-state index contributed by atoms with van der Waals surface area (Å²) in [5.74, 6) is 0.661. The molecule has 32 heavy (non-hydrogen) atoms. The fourth-order valence-electron chi connectivity index (χ4n) is 3.24. The Kier molecular flexibility index (Phi) is 7.82. The summed E-state index contributed by atoms with van der Waals surface area (Å²) in [5.41, 5.74) is 2.42. The van der Waals surface area contributed by atoms with Gasteiger partial charge in [0.25, 0.3) is 0 Å². The molecule has 166 valence electrons. The number of carbonyl (C=O) groups is 3. The molecule has 1 unspecified atom stereocenters. The van der Waals surface area contributed by atoms with Crippen molar-refractivity contribution in [1.29, 1.82) is 0 Å². The zero-order valence-corrected chi connectivity index (χ0v) is 17.6. The molecule has 3 rings (SSSR count). The number of phenols is 1. The van der Waals surface area contributed by atoms with Crippen LogP contribution in [0.1, 0.15) is 34.5 Å². The molecule has 0 bridgehead atoms. The highest BCUT2D eigenvalue weighted by Crippen LogP contribution is 2.25. The lowest BCUT2D eigenvalue weighted by atomic mass is 10.1. The first kappa shape index (κ1) is 22.8. The molecule has 0 radical (unpaired) electrons. The van der Waals surface area contributed by atoms with E-state index in [4.69, 9.17) is 4.74 Å². The van der Waals surface area contributed by atoms with E-state index in [0.717, 1.165) is 24.5 Å². The number of ether oxygens (including phenoxy) is 1. The standard InChI is InChI=1S/C23H24N4O5/c1-26(20(15-30)5-3-11-28)13-22-17(14-29)4-2-6-23(22)32-16-18-12-27(25-24-18)19-7-9-21(31)10-8-19/h2,4,6-12,14-15,20,31H,3,5,13,16H2,1H3. The van der Waals surface area contributed by atoms with E-state index in [0.29, 0.717) is 35.5 Å². The summed E-state index contributed by atoms with van der Waals surface area (Å²) in [6, 6.07) is 11.3. The molecule has 0 saturated heterocycles. The highest BCUT2D eigenvalue weighted by Gasteiger charge is 2.18. The van der Waals surface area contributed by atoms with Gasteiger partial charge in [0.05, 0.1) is 17.9 Å². The quantitative estimate of drug-likeness (QED) is 0.430. The Morgan fingerprint density at radius 2 is 1.94 bits per heavy atom. The largest absolute Gasteiger partial charge is 0.508 e. The number of benzene rings is 2. The normalized spacial score (nSPS) is 11.8. The maximum atomic E-state index is 11.6. The predicted octanol–water partition coefficient (Wildman–Crippen LogP) is 2.34. The Hall–Kier alpha value is -3.85. The first-order valence-corrected chi connectivity index (χ1v) is 10.1. The number of hydrogen-bond acceptors (Lipinski definition) is 8. The minimum atomic E-state index is -0.446. The summed E-state index contributed by atoms with van der Waals surface area (Å²) in [4.78, 5) is 35.5. The van der Waals surface area contributed by atoms with Crippen LogP contribution in [0.5, 0.6) is 11.5 Å². The van der Waals surface area contributed by atoms with Gasteiger partial charge in [-0.05, 0) is 43.8 Å². The van der Waals surface area contributed by atoms with Crippen LogP contribution >= 0.6 is 0 Å². The van der Waals surface area contributed by atoms with Gasteiger partial charge in [0, 0.05) is 24.1 Å². The minimum Gasteiger partial charge on any atom is -0.508 e. The number of rotatable bonds is 12. The van der Waals surface area contributed by atoms with Crippen LogP contribution in [0, 0.1) is 0 Å². The van der Waals surface area contributed by atoms with E-state index in [-0.39, 0.29) is 18.8 Å². The van der Waals surface area contributed by atoms with E-state index in [1.165, 1.54) is 0 Å². The number of phenolic OH excluding ortho intramolecular Hbond substituents is 1. The van der Waals surface area contributed by atoms with Gasteiger partial charge in [0.1, 0.15) is 36.4 Å². The van der Waals surface area contributed by atoms with E-state index in [9.17, 15) is 19.5 Å². The molecular formula is C23H24N4O5. The molecule has 2 aromatic carbocycles. The van der Waals surface area contributed by atoms with Gasteiger partial charge in [-0.15, -0.1) is 5.10 Å².